The van der Waals surface area contributed by atoms with Crippen molar-refractivity contribution in [2.24, 2.45) is 0 Å². The molecular formula is C50H34N2O. The zero-order valence-electron chi connectivity index (χ0n) is 29.0. The maximum atomic E-state index is 6.22. The number of aryl methyl sites for hydroxylation is 1. The molecule has 0 radical (unpaired) electrons. The molecule has 0 amide bonds. The smallest absolute Gasteiger partial charge is 0.135 e. The summed E-state index contributed by atoms with van der Waals surface area (Å²) < 4.78 is 8.67. The van der Waals surface area contributed by atoms with E-state index < -0.39 is 0 Å². The molecule has 2 aromatic heterocycles. The van der Waals surface area contributed by atoms with E-state index in [0.717, 1.165) is 51.8 Å². The standard InChI is InChI=1S/C50H34N2O/c1-3-15-39-34(11-1)13-9-20-45(39)51(38-28-30-50-44(32-38)42-18-6-8-22-49(42)53-50)37-26-23-33(24-27-37)36-25-29-48-43(31-36)41-17-5-7-19-47(41)52(48)46-21-10-14-35-12-2-4-16-40(35)46/h1,3-11,13-32H,2,12H2. The molecule has 2 heterocycles. The molecule has 8 aromatic carbocycles. The molecule has 10 aromatic rings. The normalized spacial score (nSPS) is 12.7. The van der Waals surface area contributed by atoms with Gasteiger partial charge in [-0.25, -0.2) is 0 Å². The van der Waals surface area contributed by atoms with Gasteiger partial charge in [0.2, 0.25) is 0 Å². The van der Waals surface area contributed by atoms with Crippen LogP contribution in [0.5, 0.6) is 0 Å². The Kier molecular flexibility index (Phi) is 6.68. The fourth-order valence-electron chi connectivity index (χ4n) is 8.54. The van der Waals surface area contributed by atoms with Gasteiger partial charge in [0.1, 0.15) is 11.2 Å². The number of hydrogen-bond acceptors (Lipinski definition) is 2. The quantitative estimate of drug-likeness (QED) is 0.181. The van der Waals surface area contributed by atoms with Crippen molar-refractivity contribution in [1.29, 1.82) is 0 Å². The van der Waals surface area contributed by atoms with Crippen molar-refractivity contribution >= 4 is 77.7 Å². The highest BCUT2D eigenvalue weighted by Crippen LogP contribution is 2.43. The van der Waals surface area contributed by atoms with Gasteiger partial charge in [0, 0.05) is 43.9 Å². The van der Waals surface area contributed by atoms with E-state index in [1.165, 1.54) is 60.5 Å². The first-order valence-electron chi connectivity index (χ1n) is 18.4. The van der Waals surface area contributed by atoms with Crippen LogP contribution in [0.2, 0.25) is 0 Å². The van der Waals surface area contributed by atoms with Gasteiger partial charge in [-0.3, -0.25) is 0 Å². The van der Waals surface area contributed by atoms with Crippen molar-refractivity contribution in [2.45, 2.75) is 12.8 Å². The SMILES string of the molecule is C1=Cc2c(cccc2-n2c3ccccc3c3cc(-c4ccc(N(c5ccc6oc7ccccc7c6c5)c5cccc6ccccc56)cc4)ccc32)CC1. The molecule has 0 unspecified atom stereocenters. The first-order chi connectivity index (χ1) is 26.3. The highest BCUT2D eigenvalue weighted by molar-refractivity contribution is 6.11. The number of rotatable bonds is 5. The fraction of sp³-hybridized carbons (Fsp3) is 0.0400. The lowest BCUT2D eigenvalue weighted by Gasteiger charge is -2.27. The zero-order chi connectivity index (χ0) is 34.9. The predicted molar refractivity (Wildman–Crippen MR) is 223 cm³/mol. The largest absolute Gasteiger partial charge is 0.456 e. The average Bonchev–Trinajstić information content (AvgIpc) is 3.76. The van der Waals surface area contributed by atoms with E-state index >= 15 is 0 Å². The van der Waals surface area contributed by atoms with Gasteiger partial charge in [-0.05, 0) is 102 Å². The third kappa shape index (κ3) is 4.74. The lowest BCUT2D eigenvalue weighted by atomic mass is 9.96. The van der Waals surface area contributed by atoms with Crippen LogP contribution in [0, 0.1) is 0 Å². The Morgan fingerprint density at radius 2 is 1.21 bits per heavy atom. The van der Waals surface area contributed by atoms with Crippen molar-refractivity contribution < 1.29 is 4.42 Å². The van der Waals surface area contributed by atoms with E-state index in [-0.39, 0.29) is 0 Å². The first-order valence-corrected chi connectivity index (χ1v) is 18.4. The van der Waals surface area contributed by atoms with Crippen molar-refractivity contribution in [3.63, 3.8) is 0 Å². The van der Waals surface area contributed by atoms with Crippen LogP contribution < -0.4 is 4.90 Å². The summed E-state index contributed by atoms with van der Waals surface area (Å²) in [7, 11) is 0. The van der Waals surface area contributed by atoms with Gasteiger partial charge in [-0.1, -0.05) is 115 Å². The van der Waals surface area contributed by atoms with Crippen LogP contribution in [0.3, 0.4) is 0 Å². The Morgan fingerprint density at radius 1 is 0.491 bits per heavy atom. The van der Waals surface area contributed by atoms with E-state index in [9.17, 15) is 0 Å². The molecule has 0 saturated heterocycles. The first kappa shape index (κ1) is 29.8. The van der Waals surface area contributed by atoms with Crippen LogP contribution in [0.15, 0.2) is 180 Å². The Bertz CT molecular complexity index is 3060. The van der Waals surface area contributed by atoms with Crippen LogP contribution in [-0.2, 0) is 6.42 Å². The van der Waals surface area contributed by atoms with Crippen LogP contribution in [0.1, 0.15) is 17.5 Å². The van der Waals surface area contributed by atoms with Gasteiger partial charge in [0.05, 0.1) is 22.4 Å². The van der Waals surface area contributed by atoms with Crippen LogP contribution in [0.25, 0.3) is 77.4 Å². The molecule has 250 valence electrons. The molecular weight excluding hydrogens is 645 g/mol. The van der Waals surface area contributed by atoms with Gasteiger partial charge < -0.3 is 13.9 Å². The summed E-state index contributed by atoms with van der Waals surface area (Å²) in [5.74, 6) is 0. The Hall–Kier alpha value is -6.84. The molecule has 0 saturated carbocycles. The molecule has 1 aliphatic rings. The summed E-state index contributed by atoms with van der Waals surface area (Å²) in [5.41, 5.74) is 13.9. The molecule has 1 aliphatic carbocycles. The second-order valence-corrected chi connectivity index (χ2v) is 14.0. The number of nitrogens with zero attached hydrogens (tertiary/aromatic N) is 2. The molecule has 0 aliphatic heterocycles. The number of fused-ring (bicyclic) bond motifs is 8. The van der Waals surface area contributed by atoms with E-state index in [4.69, 9.17) is 4.42 Å². The van der Waals surface area contributed by atoms with E-state index in [0.29, 0.717) is 0 Å². The number of furan rings is 1. The summed E-state index contributed by atoms with van der Waals surface area (Å²) in [6.07, 6.45) is 6.80. The molecule has 0 bridgehead atoms. The monoisotopic (exact) mass is 678 g/mol. The van der Waals surface area contributed by atoms with Gasteiger partial charge in [-0.15, -0.1) is 0 Å². The predicted octanol–water partition coefficient (Wildman–Crippen LogP) is 13.9. The van der Waals surface area contributed by atoms with E-state index in [2.05, 4.69) is 179 Å². The molecule has 3 heteroatoms. The Labute approximate surface area is 307 Å². The Balaban J connectivity index is 1.05. The molecule has 0 spiro atoms. The zero-order valence-corrected chi connectivity index (χ0v) is 29.0. The van der Waals surface area contributed by atoms with Crippen molar-refractivity contribution in [3.8, 4) is 16.8 Å². The highest BCUT2D eigenvalue weighted by Gasteiger charge is 2.20. The summed E-state index contributed by atoms with van der Waals surface area (Å²) in [6.45, 7) is 0. The minimum Gasteiger partial charge on any atom is -0.456 e. The molecule has 3 nitrogen and oxygen atoms in total. The van der Waals surface area contributed by atoms with Crippen LogP contribution in [-0.4, -0.2) is 4.57 Å². The summed E-state index contributed by atoms with van der Waals surface area (Å²) in [5, 5.41) is 7.17. The minimum absolute atomic E-state index is 0.892. The number of hydrogen-bond donors (Lipinski definition) is 0. The topological polar surface area (TPSA) is 21.3 Å². The molecule has 53 heavy (non-hydrogen) atoms. The third-order valence-corrected chi connectivity index (χ3v) is 11.0. The minimum atomic E-state index is 0.892. The fourth-order valence-corrected chi connectivity index (χ4v) is 8.54. The maximum absolute atomic E-state index is 6.22. The molecule has 0 N–H and O–H groups in total. The van der Waals surface area contributed by atoms with Crippen molar-refractivity contribution in [3.05, 3.63) is 187 Å². The van der Waals surface area contributed by atoms with Gasteiger partial charge in [-0.2, -0.15) is 0 Å². The summed E-state index contributed by atoms with van der Waals surface area (Å²) >= 11 is 0. The van der Waals surface area contributed by atoms with Gasteiger partial charge >= 0.3 is 0 Å². The van der Waals surface area contributed by atoms with E-state index in [1.807, 2.05) is 12.1 Å². The maximum Gasteiger partial charge on any atom is 0.135 e. The van der Waals surface area contributed by atoms with Crippen LogP contribution in [0.4, 0.5) is 17.1 Å². The number of aromatic nitrogens is 1. The van der Waals surface area contributed by atoms with Gasteiger partial charge in [0.15, 0.2) is 0 Å². The van der Waals surface area contributed by atoms with E-state index in [1.54, 1.807) is 0 Å². The third-order valence-electron chi connectivity index (χ3n) is 11.0. The number of anilines is 3. The second kappa shape index (κ2) is 11.9. The van der Waals surface area contributed by atoms with Crippen LogP contribution >= 0.6 is 0 Å². The summed E-state index contributed by atoms with van der Waals surface area (Å²) in [6, 6.07) is 61.5. The Morgan fingerprint density at radius 3 is 2.13 bits per heavy atom. The number of benzene rings is 8. The lowest BCUT2D eigenvalue weighted by Crippen LogP contribution is -2.10. The molecule has 0 fully saturated rings. The highest BCUT2D eigenvalue weighted by atomic mass is 16.3. The van der Waals surface area contributed by atoms with Gasteiger partial charge in [0.25, 0.3) is 0 Å². The lowest BCUT2D eigenvalue weighted by molar-refractivity contribution is 0.669. The van der Waals surface area contributed by atoms with Crippen molar-refractivity contribution in [2.75, 3.05) is 4.90 Å². The number of allylic oxidation sites excluding steroid dienone is 1. The second-order valence-electron chi connectivity index (χ2n) is 14.0. The molecule has 11 rings (SSSR count). The van der Waals surface area contributed by atoms with Crippen molar-refractivity contribution in [1.82, 2.24) is 4.57 Å². The molecule has 0 atom stereocenters. The average molecular weight is 679 g/mol. The summed E-state index contributed by atoms with van der Waals surface area (Å²) in [4.78, 5) is 2.37. The number of para-hydroxylation sites is 2.